The molecule has 0 saturated heterocycles. The van der Waals surface area contributed by atoms with Crippen molar-refractivity contribution in [3.8, 4) is 11.5 Å². The van der Waals surface area contributed by atoms with E-state index in [4.69, 9.17) is 9.47 Å². The highest BCUT2D eigenvalue weighted by molar-refractivity contribution is 7.13. The number of carbonyl (C=O) groups excluding carboxylic acids is 1. The molecular weight excluding hydrogens is 369 g/mol. The van der Waals surface area contributed by atoms with E-state index < -0.39 is 0 Å². The maximum atomic E-state index is 12.9. The van der Waals surface area contributed by atoms with Gasteiger partial charge in [0.2, 0.25) is 5.91 Å². The molecule has 6 nitrogen and oxygen atoms in total. The summed E-state index contributed by atoms with van der Waals surface area (Å²) in [6.07, 6.45) is 0.149. The minimum atomic E-state index is -0.295. The second kappa shape index (κ2) is 7.63. The molecule has 2 heterocycles. The van der Waals surface area contributed by atoms with Crippen molar-refractivity contribution in [1.29, 1.82) is 0 Å². The first-order chi connectivity index (χ1) is 13.2. The van der Waals surface area contributed by atoms with Gasteiger partial charge in [-0.2, -0.15) is 0 Å². The molecule has 1 aromatic heterocycles. The van der Waals surface area contributed by atoms with Crippen molar-refractivity contribution in [2.45, 2.75) is 6.42 Å². The van der Waals surface area contributed by atoms with E-state index in [1.807, 2.05) is 5.38 Å². The summed E-state index contributed by atoms with van der Waals surface area (Å²) in [5, 5.41) is 8.38. The smallest absolute Gasteiger partial charge is 0.230 e. The molecule has 4 rings (SSSR count). The number of benzene rings is 2. The predicted octanol–water partition coefficient (Wildman–Crippen LogP) is 3.98. The Morgan fingerprint density at radius 2 is 1.81 bits per heavy atom. The molecule has 3 aromatic rings. The van der Waals surface area contributed by atoms with Gasteiger partial charge >= 0.3 is 0 Å². The Labute approximate surface area is 159 Å². The Kier molecular flexibility index (Phi) is 4.88. The predicted molar refractivity (Wildman–Crippen MR) is 102 cm³/mol. The van der Waals surface area contributed by atoms with Crippen LogP contribution in [-0.2, 0) is 11.2 Å². The van der Waals surface area contributed by atoms with Crippen LogP contribution < -0.4 is 20.1 Å². The number of rotatable bonds is 5. The average molecular weight is 385 g/mol. The quantitative estimate of drug-likeness (QED) is 0.695. The summed E-state index contributed by atoms with van der Waals surface area (Å²) in [6, 6.07) is 11.3. The zero-order valence-corrected chi connectivity index (χ0v) is 15.0. The Hall–Kier alpha value is -3.13. The number of anilines is 3. The Morgan fingerprint density at radius 1 is 1.07 bits per heavy atom. The third-order valence-electron chi connectivity index (χ3n) is 3.81. The van der Waals surface area contributed by atoms with Crippen molar-refractivity contribution in [1.82, 2.24) is 4.98 Å². The van der Waals surface area contributed by atoms with Crippen LogP contribution in [0.5, 0.6) is 11.5 Å². The lowest BCUT2D eigenvalue weighted by atomic mass is 10.2. The summed E-state index contributed by atoms with van der Waals surface area (Å²) in [7, 11) is 0. The van der Waals surface area contributed by atoms with E-state index in [9.17, 15) is 9.18 Å². The normalized spacial score (nSPS) is 12.5. The minimum Gasteiger partial charge on any atom is -0.486 e. The third kappa shape index (κ3) is 4.35. The number of fused-ring (bicyclic) bond motifs is 1. The van der Waals surface area contributed by atoms with Crippen LogP contribution in [0.25, 0.3) is 0 Å². The molecule has 0 atom stereocenters. The zero-order valence-electron chi connectivity index (χ0n) is 14.2. The van der Waals surface area contributed by atoms with Gasteiger partial charge in [0, 0.05) is 22.8 Å². The highest BCUT2D eigenvalue weighted by Gasteiger charge is 2.14. The number of carbonyl (C=O) groups is 1. The van der Waals surface area contributed by atoms with Crippen molar-refractivity contribution in [2.24, 2.45) is 0 Å². The van der Waals surface area contributed by atoms with Gasteiger partial charge < -0.3 is 20.1 Å². The molecule has 0 radical (unpaired) electrons. The summed E-state index contributed by atoms with van der Waals surface area (Å²) in [4.78, 5) is 16.7. The van der Waals surface area contributed by atoms with E-state index in [1.54, 1.807) is 30.3 Å². The van der Waals surface area contributed by atoms with Gasteiger partial charge in [-0.1, -0.05) is 0 Å². The number of halogens is 1. The highest BCUT2D eigenvalue weighted by atomic mass is 32.1. The molecule has 0 spiro atoms. The van der Waals surface area contributed by atoms with E-state index in [2.05, 4.69) is 15.6 Å². The standard InChI is InChI=1S/C19H16FN3O3S/c20-12-1-3-13(4-2-12)22-19-23-15(11-27-19)10-18(24)21-14-5-6-16-17(9-14)26-8-7-25-16/h1-6,9,11H,7-8,10H2,(H,21,24)(H,22,23). The Morgan fingerprint density at radius 3 is 2.63 bits per heavy atom. The first kappa shape index (κ1) is 17.3. The molecule has 27 heavy (non-hydrogen) atoms. The molecule has 0 bridgehead atoms. The lowest BCUT2D eigenvalue weighted by Crippen LogP contribution is -2.17. The van der Waals surface area contributed by atoms with Crippen LogP contribution in [0.3, 0.4) is 0 Å². The number of nitrogens with one attached hydrogen (secondary N) is 2. The van der Waals surface area contributed by atoms with Crippen molar-refractivity contribution in [3.63, 3.8) is 0 Å². The van der Waals surface area contributed by atoms with Crippen LogP contribution in [-0.4, -0.2) is 24.1 Å². The second-order valence-corrected chi connectivity index (χ2v) is 6.72. The first-order valence-corrected chi connectivity index (χ1v) is 9.20. The minimum absolute atomic E-state index is 0.149. The van der Waals surface area contributed by atoms with Gasteiger partial charge in [0.05, 0.1) is 12.1 Å². The SMILES string of the molecule is O=C(Cc1csc(Nc2ccc(F)cc2)n1)Nc1ccc2c(c1)OCCO2. The number of hydrogen-bond donors (Lipinski definition) is 2. The van der Waals surface area contributed by atoms with Crippen LogP contribution in [0.15, 0.2) is 47.8 Å². The van der Waals surface area contributed by atoms with Crippen molar-refractivity contribution in [2.75, 3.05) is 23.8 Å². The summed E-state index contributed by atoms with van der Waals surface area (Å²) < 4.78 is 23.9. The van der Waals surface area contributed by atoms with Gasteiger partial charge in [-0.25, -0.2) is 9.37 Å². The van der Waals surface area contributed by atoms with E-state index in [0.29, 0.717) is 41.2 Å². The Bertz CT molecular complexity index is 959. The summed E-state index contributed by atoms with van der Waals surface area (Å²) in [6.45, 7) is 1.02. The van der Waals surface area contributed by atoms with Crippen LogP contribution >= 0.6 is 11.3 Å². The fourth-order valence-corrected chi connectivity index (χ4v) is 3.32. The maximum absolute atomic E-state index is 12.9. The van der Waals surface area contributed by atoms with E-state index in [-0.39, 0.29) is 18.1 Å². The molecule has 8 heteroatoms. The molecule has 2 N–H and O–H groups in total. The molecule has 0 unspecified atom stereocenters. The molecule has 0 saturated carbocycles. The fraction of sp³-hybridized carbons (Fsp3) is 0.158. The van der Waals surface area contributed by atoms with Crippen LogP contribution in [0.4, 0.5) is 20.9 Å². The topological polar surface area (TPSA) is 72.5 Å². The second-order valence-electron chi connectivity index (χ2n) is 5.86. The number of thiazole rings is 1. The summed E-state index contributed by atoms with van der Waals surface area (Å²) in [5.74, 6) is 0.829. The van der Waals surface area contributed by atoms with Gasteiger partial charge in [-0.3, -0.25) is 4.79 Å². The first-order valence-electron chi connectivity index (χ1n) is 8.32. The van der Waals surface area contributed by atoms with E-state index in [1.165, 1.54) is 23.5 Å². The molecule has 138 valence electrons. The Balaban J connectivity index is 1.36. The van der Waals surface area contributed by atoms with E-state index >= 15 is 0 Å². The van der Waals surface area contributed by atoms with Gasteiger partial charge in [0.1, 0.15) is 19.0 Å². The monoisotopic (exact) mass is 385 g/mol. The number of hydrogen-bond acceptors (Lipinski definition) is 6. The lowest BCUT2D eigenvalue weighted by Gasteiger charge is -2.18. The maximum Gasteiger partial charge on any atom is 0.230 e. The van der Waals surface area contributed by atoms with Gasteiger partial charge in [0.15, 0.2) is 16.6 Å². The van der Waals surface area contributed by atoms with Gasteiger partial charge in [0.25, 0.3) is 0 Å². The third-order valence-corrected chi connectivity index (χ3v) is 4.62. The average Bonchev–Trinajstić information content (AvgIpc) is 3.10. The molecular formula is C19H16FN3O3S. The van der Waals surface area contributed by atoms with Crippen molar-refractivity contribution < 1.29 is 18.7 Å². The van der Waals surface area contributed by atoms with E-state index in [0.717, 1.165) is 5.69 Å². The molecule has 1 aliphatic rings. The van der Waals surface area contributed by atoms with Crippen LogP contribution in [0.1, 0.15) is 5.69 Å². The molecule has 1 aliphatic heterocycles. The number of aromatic nitrogens is 1. The molecule has 0 aliphatic carbocycles. The van der Waals surface area contributed by atoms with Gasteiger partial charge in [-0.15, -0.1) is 11.3 Å². The number of ether oxygens (including phenoxy) is 2. The van der Waals surface area contributed by atoms with Crippen molar-refractivity contribution >= 4 is 33.8 Å². The lowest BCUT2D eigenvalue weighted by molar-refractivity contribution is -0.115. The van der Waals surface area contributed by atoms with Crippen molar-refractivity contribution in [3.05, 3.63) is 59.4 Å². The largest absolute Gasteiger partial charge is 0.486 e. The number of amides is 1. The zero-order chi connectivity index (χ0) is 18.6. The highest BCUT2D eigenvalue weighted by Crippen LogP contribution is 2.32. The summed E-state index contributed by atoms with van der Waals surface area (Å²) in [5.41, 5.74) is 2.03. The number of nitrogens with zero attached hydrogens (tertiary/aromatic N) is 1. The van der Waals surface area contributed by atoms with Gasteiger partial charge in [-0.05, 0) is 36.4 Å². The fourth-order valence-electron chi connectivity index (χ4n) is 2.59. The summed E-state index contributed by atoms with van der Waals surface area (Å²) >= 11 is 1.38. The molecule has 2 aromatic carbocycles. The van der Waals surface area contributed by atoms with Crippen LogP contribution in [0, 0.1) is 5.82 Å². The molecule has 1 amide bonds. The molecule has 0 fully saturated rings. The van der Waals surface area contributed by atoms with Crippen LogP contribution in [0.2, 0.25) is 0 Å².